The van der Waals surface area contributed by atoms with E-state index < -0.39 is 50.3 Å². The predicted molar refractivity (Wildman–Crippen MR) is 117 cm³/mol. The Kier molecular flexibility index (Phi) is 6.42. The number of benzene rings is 1. The van der Waals surface area contributed by atoms with Crippen molar-refractivity contribution in [2.24, 2.45) is 0 Å². The van der Waals surface area contributed by atoms with E-state index in [1.165, 1.54) is 0 Å². The van der Waals surface area contributed by atoms with Gasteiger partial charge in [-0.05, 0) is 23.7 Å². The number of carbonyl (C=O) groups excluding carboxylic acids is 3. The third-order valence-electron chi connectivity index (χ3n) is 7.15. The molecule has 8 nitrogen and oxygen atoms in total. The van der Waals surface area contributed by atoms with Crippen molar-refractivity contribution in [2.75, 3.05) is 0 Å². The van der Waals surface area contributed by atoms with Crippen LogP contribution < -0.4 is 5.32 Å². The number of rotatable bonds is 8. The Hall–Kier alpha value is -2.23. The first-order valence-electron chi connectivity index (χ1n) is 11.4. The van der Waals surface area contributed by atoms with Crippen LogP contribution in [0.1, 0.15) is 39.2 Å². The van der Waals surface area contributed by atoms with Crippen molar-refractivity contribution < 1.29 is 33.0 Å². The molecule has 2 saturated heterocycles. The van der Waals surface area contributed by atoms with Crippen LogP contribution in [0.25, 0.3) is 0 Å². The summed E-state index contributed by atoms with van der Waals surface area (Å²) in [4.78, 5) is 37.6. The summed E-state index contributed by atoms with van der Waals surface area (Å²) < 4.78 is 23.4. The van der Waals surface area contributed by atoms with Crippen LogP contribution in [0.2, 0.25) is 18.1 Å². The number of alkyl carbamates (subject to hydrolysis) is 1. The molecule has 0 unspecified atom stereocenters. The third kappa shape index (κ3) is 4.21. The van der Waals surface area contributed by atoms with Gasteiger partial charge in [0.1, 0.15) is 24.9 Å². The minimum Gasteiger partial charge on any atom is -0.452 e. The second kappa shape index (κ2) is 8.96. The topological polar surface area (TPSA) is 103 Å². The van der Waals surface area contributed by atoms with Crippen molar-refractivity contribution in [2.45, 2.75) is 88.3 Å². The van der Waals surface area contributed by atoms with Crippen molar-refractivity contribution in [3.05, 3.63) is 35.9 Å². The molecule has 1 aromatic carbocycles. The molecular formula is C23H31NO7Si. The molecule has 3 aliphatic rings. The van der Waals surface area contributed by atoms with Crippen molar-refractivity contribution in [1.29, 1.82) is 0 Å². The van der Waals surface area contributed by atoms with E-state index in [-0.39, 0.29) is 25.2 Å². The number of nitrogens with one attached hydrogen (secondary N) is 1. The lowest BCUT2D eigenvalue weighted by molar-refractivity contribution is -0.164. The number of ketones is 1. The Morgan fingerprint density at radius 2 is 1.84 bits per heavy atom. The third-order valence-corrected chi connectivity index (χ3v) is 11.8. The Labute approximate surface area is 189 Å². The van der Waals surface area contributed by atoms with Gasteiger partial charge in [0.2, 0.25) is 0 Å². The van der Waals surface area contributed by atoms with Crippen LogP contribution in [0.3, 0.4) is 0 Å². The van der Waals surface area contributed by atoms with Crippen LogP contribution in [-0.2, 0) is 34.8 Å². The second-order valence-corrected chi connectivity index (χ2v) is 13.6. The molecule has 0 aromatic heterocycles. The molecule has 2 aliphatic heterocycles. The van der Waals surface area contributed by atoms with Crippen LogP contribution in [0, 0.1) is 0 Å². The van der Waals surface area contributed by atoms with Crippen molar-refractivity contribution in [3.63, 3.8) is 0 Å². The first-order valence-corrected chi connectivity index (χ1v) is 14.0. The summed E-state index contributed by atoms with van der Waals surface area (Å²) in [6.45, 7) is 6.44. The van der Waals surface area contributed by atoms with Gasteiger partial charge in [-0.15, -0.1) is 0 Å². The molecular weight excluding hydrogens is 430 g/mol. The predicted octanol–water partition coefficient (Wildman–Crippen LogP) is 3.10. The molecule has 4 rings (SSSR count). The molecule has 174 valence electrons. The molecule has 1 spiro atoms. The fraction of sp³-hybridized carbons (Fsp3) is 0.609. The minimum atomic E-state index is -2.08. The van der Waals surface area contributed by atoms with Gasteiger partial charge in [-0.25, -0.2) is 9.59 Å². The summed E-state index contributed by atoms with van der Waals surface area (Å²) in [5.74, 6) is -0.554. The van der Waals surface area contributed by atoms with E-state index >= 15 is 0 Å². The molecule has 5 atom stereocenters. The maximum absolute atomic E-state index is 12.7. The molecule has 0 bridgehead atoms. The van der Waals surface area contributed by atoms with Crippen molar-refractivity contribution in [1.82, 2.24) is 5.32 Å². The number of carbonyl (C=O) groups is 3. The highest BCUT2D eigenvalue weighted by molar-refractivity contribution is 6.73. The summed E-state index contributed by atoms with van der Waals surface area (Å²) in [6.07, 6.45) is -1.94. The largest absolute Gasteiger partial charge is 0.452 e. The first-order chi connectivity index (χ1) is 15.4. The van der Waals surface area contributed by atoms with Gasteiger partial charge < -0.3 is 24.0 Å². The van der Waals surface area contributed by atoms with E-state index in [4.69, 9.17) is 18.6 Å². The van der Waals surface area contributed by atoms with Crippen LogP contribution in [0.5, 0.6) is 0 Å². The number of hydrogen-bond donors (Lipinski definition) is 1. The fourth-order valence-electron chi connectivity index (χ4n) is 4.92. The maximum atomic E-state index is 12.7. The van der Waals surface area contributed by atoms with Gasteiger partial charge in [-0.3, -0.25) is 4.79 Å². The maximum Gasteiger partial charge on any atom is 0.408 e. The Balaban J connectivity index is 1.46. The van der Waals surface area contributed by atoms with E-state index in [0.717, 1.165) is 23.7 Å². The van der Waals surface area contributed by atoms with Gasteiger partial charge in [0.05, 0.1) is 6.10 Å². The molecule has 32 heavy (non-hydrogen) atoms. The number of amides is 1. The molecule has 1 aromatic rings. The Morgan fingerprint density at radius 1 is 1.16 bits per heavy atom. The van der Waals surface area contributed by atoms with Gasteiger partial charge in [-0.1, -0.05) is 51.1 Å². The lowest BCUT2D eigenvalue weighted by Crippen LogP contribution is -2.58. The number of epoxide rings is 1. The lowest BCUT2D eigenvalue weighted by atomic mass is 9.79. The highest BCUT2D eigenvalue weighted by Gasteiger charge is 2.71. The van der Waals surface area contributed by atoms with Gasteiger partial charge in [-0.2, -0.15) is 0 Å². The minimum absolute atomic E-state index is 0.00781. The van der Waals surface area contributed by atoms with E-state index in [1.807, 2.05) is 30.3 Å². The molecule has 1 amide bonds. The van der Waals surface area contributed by atoms with Crippen LogP contribution in [0.15, 0.2) is 30.3 Å². The molecule has 0 radical (unpaired) electrons. The molecule has 2 heterocycles. The number of Topliss-reactive ketones (excluding diaryl/α,β-unsaturated/α-hetero) is 1. The molecule has 9 heteroatoms. The highest BCUT2D eigenvalue weighted by atomic mass is 28.4. The summed E-state index contributed by atoms with van der Waals surface area (Å²) >= 11 is 0. The lowest BCUT2D eigenvalue weighted by Gasteiger charge is -2.42. The standard InChI is InChI=1S/C23H31NO7Si/c1-4-32(5-2,6-3)31-18-12-17(25)19-20(29-19)23(18)13-16(21(26)30-23)24-22(27)28-14-15-10-8-7-9-11-15/h7-11,16,18-20H,4-6,12-14H2,1-3H3,(H,24,27)/t16-,18-,19-,20-,23+/m0/s1. The van der Waals surface area contributed by atoms with Crippen LogP contribution in [0.4, 0.5) is 4.79 Å². The summed E-state index contributed by atoms with van der Waals surface area (Å²) in [5.41, 5.74) is -0.202. The molecule has 1 N–H and O–H groups in total. The zero-order chi connectivity index (χ0) is 22.9. The average Bonchev–Trinajstić information content (AvgIpc) is 3.56. The summed E-state index contributed by atoms with van der Waals surface area (Å²) in [7, 11) is -2.08. The van der Waals surface area contributed by atoms with E-state index in [0.29, 0.717) is 0 Å². The average molecular weight is 462 g/mol. The highest BCUT2D eigenvalue weighted by Crippen LogP contribution is 2.51. The second-order valence-electron chi connectivity index (χ2n) is 8.84. The normalized spacial score (nSPS) is 31.2. The van der Waals surface area contributed by atoms with Crippen LogP contribution in [-0.4, -0.2) is 56.1 Å². The zero-order valence-electron chi connectivity index (χ0n) is 18.8. The Bertz CT molecular complexity index is 866. The first kappa shape index (κ1) is 22.9. The number of fused-ring (bicyclic) bond motifs is 2. The quantitative estimate of drug-likeness (QED) is 0.360. The molecule has 1 saturated carbocycles. The Morgan fingerprint density at radius 3 is 2.50 bits per heavy atom. The van der Waals surface area contributed by atoms with Crippen LogP contribution >= 0.6 is 0 Å². The smallest absolute Gasteiger partial charge is 0.408 e. The number of hydrogen-bond acceptors (Lipinski definition) is 7. The SMILES string of the molecule is CC[Si](CC)(CC)O[C@H]1CC(=O)[C@@H]2O[C@@H]2[C@@]12C[C@H](NC(=O)OCc1ccccc1)C(=O)O2. The van der Waals surface area contributed by atoms with Gasteiger partial charge >= 0.3 is 12.1 Å². The van der Waals surface area contributed by atoms with E-state index in [2.05, 4.69) is 26.1 Å². The van der Waals surface area contributed by atoms with E-state index in [1.54, 1.807) is 0 Å². The monoisotopic (exact) mass is 461 g/mol. The van der Waals surface area contributed by atoms with Crippen molar-refractivity contribution in [3.8, 4) is 0 Å². The van der Waals surface area contributed by atoms with Gasteiger partial charge in [0, 0.05) is 12.8 Å². The van der Waals surface area contributed by atoms with E-state index in [9.17, 15) is 14.4 Å². The fourth-order valence-corrected chi connectivity index (χ4v) is 7.80. The summed E-state index contributed by atoms with van der Waals surface area (Å²) in [5, 5.41) is 2.63. The molecule has 3 fully saturated rings. The number of esters is 1. The zero-order valence-corrected chi connectivity index (χ0v) is 19.8. The van der Waals surface area contributed by atoms with Crippen molar-refractivity contribution >= 4 is 26.2 Å². The van der Waals surface area contributed by atoms with Gasteiger partial charge in [0.25, 0.3) is 0 Å². The molecule has 1 aliphatic carbocycles. The van der Waals surface area contributed by atoms with Gasteiger partial charge in [0.15, 0.2) is 19.7 Å². The number of ether oxygens (including phenoxy) is 3. The summed E-state index contributed by atoms with van der Waals surface area (Å²) in [6, 6.07) is 11.2.